The van der Waals surface area contributed by atoms with E-state index in [0.717, 1.165) is 11.0 Å². The third-order valence-electron chi connectivity index (χ3n) is 2.83. The Morgan fingerprint density at radius 2 is 1.95 bits per heavy atom. The van der Waals surface area contributed by atoms with Gasteiger partial charge in [-0.05, 0) is 6.07 Å². The summed E-state index contributed by atoms with van der Waals surface area (Å²) in [5.74, 6) is -2.57. The van der Waals surface area contributed by atoms with E-state index >= 15 is 0 Å². The zero-order valence-corrected chi connectivity index (χ0v) is 11.0. The summed E-state index contributed by atoms with van der Waals surface area (Å²) in [7, 11) is -3.90. The highest BCUT2D eigenvalue weighted by Crippen LogP contribution is 2.30. The molecule has 1 aliphatic heterocycles. The predicted octanol–water partition coefficient (Wildman–Crippen LogP) is 1.01. The number of amides is 1. The summed E-state index contributed by atoms with van der Waals surface area (Å²) in [5.41, 5.74) is -0.262. The molecule has 1 aromatic carbocycles. The largest absolute Gasteiger partial charge is 0.308 e. The van der Waals surface area contributed by atoms with Crippen molar-refractivity contribution in [2.75, 3.05) is 11.4 Å². The van der Waals surface area contributed by atoms with Crippen molar-refractivity contribution in [3.8, 4) is 0 Å². The second-order valence-electron chi connectivity index (χ2n) is 4.14. The highest BCUT2D eigenvalue weighted by molar-refractivity contribution is 7.89. The van der Waals surface area contributed by atoms with E-state index in [1.807, 2.05) is 0 Å². The van der Waals surface area contributed by atoms with Crippen LogP contribution in [0.25, 0.3) is 0 Å². The molecule has 9 heteroatoms. The second kappa shape index (κ2) is 4.69. The minimum Gasteiger partial charge on any atom is -0.308 e. The minimum absolute atomic E-state index is 0.262. The molecule has 0 radical (unpaired) electrons. The van der Waals surface area contributed by atoms with Gasteiger partial charge in [0.25, 0.3) is 0 Å². The van der Waals surface area contributed by atoms with Crippen molar-refractivity contribution in [1.82, 2.24) is 0 Å². The summed E-state index contributed by atoms with van der Waals surface area (Å²) in [5, 5.41) is 3.48. The number of hydrogen-bond acceptors (Lipinski definition) is 3. The first kappa shape index (κ1) is 14.2. The molecule has 0 spiro atoms. The van der Waals surface area contributed by atoms with Crippen LogP contribution in [-0.4, -0.2) is 26.1 Å². The van der Waals surface area contributed by atoms with E-state index in [4.69, 9.17) is 16.7 Å². The number of nitrogens with zero attached hydrogens (tertiary/aromatic N) is 1. The molecule has 104 valence electrons. The lowest BCUT2D eigenvalue weighted by molar-refractivity contribution is -0.117. The Labute approximate surface area is 113 Å². The molecule has 5 nitrogen and oxygen atoms in total. The number of rotatable bonds is 2. The van der Waals surface area contributed by atoms with E-state index < -0.39 is 32.8 Å². The van der Waals surface area contributed by atoms with E-state index in [1.165, 1.54) is 0 Å². The van der Waals surface area contributed by atoms with Gasteiger partial charge in [-0.2, -0.15) is 0 Å². The fourth-order valence-electron chi connectivity index (χ4n) is 1.85. The maximum absolute atomic E-state index is 13.6. The Balaban J connectivity index is 2.39. The molecule has 0 bridgehead atoms. The Morgan fingerprint density at radius 3 is 2.47 bits per heavy atom. The van der Waals surface area contributed by atoms with Crippen molar-refractivity contribution in [2.45, 2.75) is 11.7 Å². The topological polar surface area (TPSA) is 80.5 Å². The highest BCUT2D eigenvalue weighted by Gasteiger charge is 2.38. The summed E-state index contributed by atoms with van der Waals surface area (Å²) in [6.07, 6.45) is -0.340. The normalized spacial score (nSPS) is 20.1. The molecular weight excluding hydrogens is 302 g/mol. The molecule has 1 saturated heterocycles. The first-order valence-corrected chi connectivity index (χ1v) is 7.15. The number of sulfonamides is 1. The van der Waals surface area contributed by atoms with Crippen molar-refractivity contribution >= 4 is 33.2 Å². The molecule has 1 fully saturated rings. The Kier molecular flexibility index (Phi) is 3.50. The molecule has 0 aliphatic carbocycles. The smallest absolute Gasteiger partial charge is 0.228 e. The molecule has 1 heterocycles. The number of benzene rings is 1. The van der Waals surface area contributed by atoms with Crippen LogP contribution < -0.4 is 10.0 Å². The zero-order chi connectivity index (χ0) is 14.4. The molecule has 1 unspecified atom stereocenters. The summed E-state index contributed by atoms with van der Waals surface area (Å²) in [6.45, 7) is -0.281. The van der Waals surface area contributed by atoms with Gasteiger partial charge in [0.15, 0.2) is 0 Å². The number of primary sulfonamides is 1. The molecule has 2 rings (SSSR count). The van der Waals surface area contributed by atoms with Gasteiger partial charge in [-0.15, -0.1) is 0 Å². The van der Waals surface area contributed by atoms with Crippen LogP contribution in [0.4, 0.5) is 14.5 Å². The molecule has 0 aromatic heterocycles. The van der Waals surface area contributed by atoms with Gasteiger partial charge in [0.1, 0.15) is 16.9 Å². The van der Waals surface area contributed by atoms with Crippen LogP contribution in [0.2, 0.25) is 5.02 Å². The van der Waals surface area contributed by atoms with Crippen LogP contribution in [0.5, 0.6) is 0 Å². The Morgan fingerprint density at radius 1 is 1.32 bits per heavy atom. The van der Waals surface area contributed by atoms with Crippen LogP contribution in [-0.2, 0) is 14.8 Å². The molecule has 1 aromatic rings. The minimum atomic E-state index is -3.90. The Bertz CT molecular complexity index is 650. The van der Waals surface area contributed by atoms with Gasteiger partial charge in [-0.1, -0.05) is 11.6 Å². The molecule has 1 amide bonds. The Hall–Kier alpha value is -1.25. The lowest BCUT2D eigenvalue weighted by Crippen LogP contribution is -2.32. The second-order valence-corrected chi connectivity index (χ2v) is 6.39. The molecule has 2 N–H and O–H groups in total. The summed E-state index contributed by atoms with van der Waals surface area (Å²) in [4.78, 5) is 12.6. The van der Waals surface area contributed by atoms with Crippen molar-refractivity contribution in [3.63, 3.8) is 0 Å². The standard InChI is InChI=1S/C10H9ClF2N2O3S/c11-6-2-9(8(13)3-7(6)12)15-4-5(1-10(15)16)19(14,17)18/h2-3,5H,1,4H2,(H2,14,17,18). The SMILES string of the molecule is NS(=O)(=O)C1CC(=O)N(c2cc(Cl)c(F)cc2F)C1. The van der Waals surface area contributed by atoms with E-state index in [2.05, 4.69) is 0 Å². The van der Waals surface area contributed by atoms with Gasteiger partial charge >= 0.3 is 0 Å². The number of carbonyl (C=O) groups excluding carboxylic acids is 1. The number of nitrogens with two attached hydrogens (primary N) is 1. The van der Waals surface area contributed by atoms with Gasteiger partial charge in [0.05, 0.1) is 10.7 Å². The maximum atomic E-state index is 13.6. The third-order valence-corrected chi connectivity index (χ3v) is 4.37. The van der Waals surface area contributed by atoms with Gasteiger partial charge in [0, 0.05) is 19.0 Å². The predicted molar refractivity (Wildman–Crippen MR) is 65.2 cm³/mol. The van der Waals surface area contributed by atoms with E-state index in [0.29, 0.717) is 6.07 Å². The quantitative estimate of drug-likeness (QED) is 0.828. The van der Waals surface area contributed by atoms with Crippen molar-refractivity contribution in [3.05, 3.63) is 28.8 Å². The average Bonchev–Trinajstić information content (AvgIpc) is 2.65. The number of anilines is 1. The summed E-state index contributed by atoms with van der Waals surface area (Å²) < 4.78 is 49.0. The van der Waals surface area contributed by atoms with E-state index in [1.54, 1.807) is 0 Å². The van der Waals surface area contributed by atoms with Gasteiger partial charge in [-0.25, -0.2) is 22.3 Å². The van der Waals surface area contributed by atoms with Crippen molar-refractivity contribution in [1.29, 1.82) is 0 Å². The molecular formula is C10H9ClF2N2O3S. The molecule has 1 atom stereocenters. The van der Waals surface area contributed by atoms with Crippen molar-refractivity contribution in [2.24, 2.45) is 5.14 Å². The molecule has 19 heavy (non-hydrogen) atoms. The van der Waals surface area contributed by atoms with Crippen LogP contribution in [0, 0.1) is 11.6 Å². The maximum Gasteiger partial charge on any atom is 0.228 e. The van der Waals surface area contributed by atoms with E-state index in [-0.39, 0.29) is 23.7 Å². The van der Waals surface area contributed by atoms with Crippen LogP contribution in [0.15, 0.2) is 12.1 Å². The first-order chi connectivity index (χ1) is 8.70. The number of hydrogen-bond donors (Lipinski definition) is 1. The van der Waals surface area contributed by atoms with Crippen LogP contribution in [0.1, 0.15) is 6.42 Å². The van der Waals surface area contributed by atoms with Crippen LogP contribution >= 0.6 is 11.6 Å². The molecule has 0 saturated carbocycles. The van der Waals surface area contributed by atoms with Gasteiger partial charge < -0.3 is 4.90 Å². The lowest BCUT2D eigenvalue weighted by atomic mass is 10.2. The van der Waals surface area contributed by atoms with Crippen LogP contribution in [0.3, 0.4) is 0 Å². The lowest BCUT2D eigenvalue weighted by Gasteiger charge is -2.17. The first-order valence-electron chi connectivity index (χ1n) is 5.16. The fraction of sp³-hybridized carbons (Fsp3) is 0.300. The van der Waals surface area contributed by atoms with Gasteiger partial charge in [-0.3, -0.25) is 4.79 Å². The van der Waals surface area contributed by atoms with E-state index in [9.17, 15) is 22.0 Å². The number of carbonyl (C=O) groups is 1. The monoisotopic (exact) mass is 310 g/mol. The third kappa shape index (κ3) is 2.70. The average molecular weight is 311 g/mol. The molecule has 1 aliphatic rings. The fourth-order valence-corrected chi connectivity index (χ4v) is 2.74. The van der Waals surface area contributed by atoms with Gasteiger partial charge in [0.2, 0.25) is 15.9 Å². The zero-order valence-electron chi connectivity index (χ0n) is 9.44. The van der Waals surface area contributed by atoms with Crippen molar-refractivity contribution < 1.29 is 22.0 Å². The summed E-state index contributed by atoms with van der Waals surface area (Å²) in [6, 6.07) is 1.48. The summed E-state index contributed by atoms with van der Waals surface area (Å²) >= 11 is 5.52. The highest BCUT2D eigenvalue weighted by atomic mass is 35.5. The number of halogens is 3.